The van der Waals surface area contributed by atoms with E-state index in [9.17, 15) is 4.39 Å². The van der Waals surface area contributed by atoms with E-state index < -0.39 is 0 Å². The first-order chi connectivity index (χ1) is 10.2. The van der Waals surface area contributed by atoms with Gasteiger partial charge in [-0.05, 0) is 36.5 Å². The predicted molar refractivity (Wildman–Crippen MR) is 83.9 cm³/mol. The van der Waals surface area contributed by atoms with Crippen molar-refractivity contribution in [3.05, 3.63) is 77.1 Å². The van der Waals surface area contributed by atoms with E-state index >= 15 is 0 Å². The summed E-state index contributed by atoms with van der Waals surface area (Å²) in [6.45, 7) is 2.10. The van der Waals surface area contributed by atoms with E-state index in [0.29, 0.717) is 17.5 Å². The lowest BCUT2D eigenvalue weighted by Gasteiger charge is -2.37. The molecule has 1 heterocycles. The molecule has 0 radical (unpaired) electrons. The van der Waals surface area contributed by atoms with E-state index in [-0.39, 0.29) is 11.9 Å². The normalized spacial score (nSPS) is 26.1. The van der Waals surface area contributed by atoms with Gasteiger partial charge in [-0.3, -0.25) is 0 Å². The summed E-state index contributed by atoms with van der Waals surface area (Å²) in [5.41, 5.74) is 4.27. The van der Waals surface area contributed by atoms with Crippen LogP contribution in [0, 0.1) is 18.7 Å². The molecule has 1 N–H and O–H groups in total. The van der Waals surface area contributed by atoms with Crippen molar-refractivity contribution < 1.29 is 4.39 Å². The largest absolute Gasteiger partial charge is 0.375 e. The Bertz CT molecular complexity index is 719. The quantitative estimate of drug-likeness (QED) is 0.727. The fourth-order valence-electron chi connectivity index (χ4n) is 3.78. The first-order valence-corrected chi connectivity index (χ1v) is 7.52. The van der Waals surface area contributed by atoms with Gasteiger partial charge >= 0.3 is 0 Å². The Morgan fingerprint density at radius 3 is 2.86 bits per heavy atom. The highest BCUT2D eigenvalue weighted by Crippen LogP contribution is 2.50. The van der Waals surface area contributed by atoms with Gasteiger partial charge in [-0.2, -0.15) is 0 Å². The van der Waals surface area contributed by atoms with Gasteiger partial charge in [0.05, 0.1) is 11.7 Å². The second-order valence-electron chi connectivity index (χ2n) is 6.09. The molecule has 0 bridgehead atoms. The third kappa shape index (κ3) is 1.98. The number of para-hydroxylation sites is 1. The standard InChI is InChI=1S/C19H18FN/c1-12-5-2-6-13(11-12)18-15-8-3-7-14(15)16-9-4-10-17(20)19(16)21-18/h2-7,9-11,14-15,18,21H,8H2,1H3. The Morgan fingerprint density at radius 1 is 1.14 bits per heavy atom. The molecule has 0 saturated carbocycles. The summed E-state index contributed by atoms with van der Waals surface area (Å²) in [7, 11) is 0. The molecule has 1 nitrogen and oxygen atoms in total. The molecule has 0 aromatic heterocycles. The van der Waals surface area contributed by atoms with Gasteiger partial charge in [0.1, 0.15) is 5.82 Å². The molecule has 4 rings (SSSR count). The Hall–Kier alpha value is -2.09. The van der Waals surface area contributed by atoms with Gasteiger partial charge in [0.15, 0.2) is 0 Å². The molecule has 2 aromatic carbocycles. The van der Waals surface area contributed by atoms with Gasteiger partial charge in [0.2, 0.25) is 0 Å². The summed E-state index contributed by atoms with van der Waals surface area (Å²) in [4.78, 5) is 0. The van der Waals surface area contributed by atoms with E-state index in [4.69, 9.17) is 0 Å². The predicted octanol–water partition coefficient (Wildman–Crippen LogP) is 4.96. The molecule has 2 heteroatoms. The van der Waals surface area contributed by atoms with Gasteiger partial charge in [0, 0.05) is 5.92 Å². The van der Waals surface area contributed by atoms with Gasteiger partial charge in [-0.15, -0.1) is 0 Å². The third-order valence-electron chi connectivity index (χ3n) is 4.75. The van der Waals surface area contributed by atoms with E-state index in [1.807, 2.05) is 12.1 Å². The molecule has 106 valence electrons. The summed E-state index contributed by atoms with van der Waals surface area (Å²) in [5.74, 6) is 0.646. The zero-order chi connectivity index (χ0) is 14.4. The molecular formula is C19H18FN. The molecule has 21 heavy (non-hydrogen) atoms. The van der Waals surface area contributed by atoms with Crippen LogP contribution in [0.15, 0.2) is 54.6 Å². The average Bonchev–Trinajstić information content (AvgIpc) is 2.96. The number of allylic oxidation sites excluding steroid dienone is 2. The molecule has 0 fully saturated rings. The molecule has 2 aromatic rings. The number of hydrogen-bond acceptors (Lipinski definition) is 1. The number of nitrogens with one attached hydrogen (secondary N) is 1. The van der Waals surface area contributed by atoms with E-state index in [1.165, 1.54) is 17.2 Å². The highest BCUT2D eigenvalue weighted by Gasteiger charge is 2.38. The van der Waals surface area contributed by atoms with Gasteiger partial charge in [-0.1, -0.05) is 54.1 Å². The third-order valence-corrected chi connectivity index (χ3v) is 4.75. The Morgan fingerprint density at radius 2 is 2.00 bits per heavy atom. The minimum absolute atomic E-state index is 0.149. The van der Waals surface area contributed by atoms with Gasteiger partial charge in [-0.25, -0.2) is 4.39 Å². The van der Waals surface area contributed by atoms with Crippen molar-refractivity contribution in [2.75, 3.05) is 5.32 Å². The van der Waals surface area contributed by atoms with Crippen LogP contribution in [0.25, 0.3) is 0 Å². The fraction of sp³-hybridized carbons (Fsp3) is 0.263. The van der Waals surface area contributed by atoms with Crippen molar-refractivity contribution in [3.8, 4) is 0 Å². The minimum atomic E-state index is -0.149. The van der Waals surface area contributed by atoms with E-state index in [2.05, 4.69) is 48.7 Å². The maximum Gasteiger partial charge on any atom is 0.146 e. The number of fused-ring (bicyclic) bond motifs is 3. The van der Waals surface area contributed by atoms with Crippen molar-refractivity contribution in [1.82, 2.24) is 0 Å². The maximum absolute atomic E-state index is 14.2. The van der Waals surface area contributed by atoms with E-state index in [0.717, 1.165) is 12.0 Å². The zero-order valence-corrected chi connectivity index (χ0v) is 12.0. The molecule has 0 spiro atoms. The van der Waals surface area contributed by atoms with Crippen LogP contribution in [0.2, 0.25) is 0 Å². The molecule has 0 saturated heterocycles. The SMILES string of the molecule is Cc1cccc(C2Nc3c(F)cccc3C3C=CCC32)c1. The second-order valence-corrected chi connectivity index (χ2v) is 6.09. The summed E-state index contributed by atoms with van der Waals surface area (Å²) in [6.07, 6.45) is 5.53. The number of hydrogen-bond donors (Lipinski definition) is 1. The molecule has 1 aliphatic carbocycles. The summed E-state index contributed by atoms with van der Waals surface area (Å²) >= 11 is 0. The van der Waals surface area contributed by atoms with Crippen LogP contribution in [0.4, 0.5) is 10.1 Å². The second kappa shape index (κ2) is 4.73. The topological polar surface area (TPSA) is 12.0 Å². The van der Waals surface area contributed by atoms with Crippen molar-refractivity contribution in [3.63, 3.8) is 0 Å². The van der Waals surface area contributed by atoms with Crippen LogP contribution in [-0.2, 0) is 0 Å². The number of aryl methyl sites for hydroxylation is 1. The van der Waals surface area contributed by atoms with Gasteiger partial charge < -0.3 is 5.32 Å². The van der Waals surface area contributed by atoms with Gasteiger partial charge in [0.25, 0.3) is 0 Å². The Kier molecular flexibility index (Phi) is 2.85. The lowest BCUT2D eigenvalue weighted by atomic mass is 9.77. The molecule has 1 aliphatic heterocycles. The Labute approximate surface area is 124 Å². The van der Waals surface area contributed by atoms with Crippen molar-refractivity contribution in [1.29, 1.82) is 0 Å². The molecule has 0 amide bonds. The van der Waals surface area contributed by atoms with Crippen LogP contribution < -0.4 is 5.32 Å². The van der Waals surface area contributed by atoms with Crippen LogP contribution in [0.1, 0.15) is 35.1 Å². The van der Waals surface area contributed by atoms with E-state index in [1.54, 1.807) is 0 Å². The van der Waals surface area contributed by atoms with Crippen molar-refractivity contribution in [2.45, 2.75) is 25.3 Å². The fourth-order valence-corrected chi connectivity index (χ4v) is 3.78. The summed E-state index contributed by atoms with van der Waals surface area (Å²) in [5, 5.41) is 3.47. The van der Waals surface area contributed by atoms with Crippen LogP contribution >= 0.6 is 0 Å². The summed E-state index contributed by atoms with van der Waals surface area (Å²) in [6, 6.07) is 14.1. The van der Waals surface area contributed by atoms with Crippen LogP contribution in [-0.4, -0.2) is 0 Å². The van der Waals surface area contributed by atoms with Crippen molar-refractivity contribution in [2.24, 2.45) is 5.92 Å². The highest BCUT2D eigenvalue weighted by atomic mass is 19.1. The lowest BCUT2D eigenvalue weighted by Crippen LogP contribution is -2.29. The molecule has 3 unspecified atom stereocenters. The number of halogens is 1. The van der Waals surface area contributed by atoms with Crippen molar-refractivity contribution >= 4 is 5.69 Å². The maximum atomic E-state index is 14.2. The molecule has 3 atom stereocenters. The number of benzene rings is 2. The molecule has 2 aliphatic rings. The lowest BCUT2D eigenvalue weighted by molar-refractivity contribution is 0.420. The minimum Gasteiger partial charge on any atom is -0.375 e. The molecular weight excluding hydrogens is 261 g/mol. The monoisotopic (exact) mass is 279 g/mol. The number of anilines is 1. The zero-order valence-electron chi connectivity index (χ0n) is 12.0. The smallest absolute Gasteiger partial charge is 0.146 e. The first kappa shape index (κ1) is 12.6. The highest BCUT2D eigenvalue weighted by molar-refractivity contribution is 5.60. The summed E-state index contributed by atoms with van der Waals surface area (Å²) < 4.78 is 14.2. The Balaban J connectivity index is 1.83. The van der Waals surface area contributed by atoms with Crippen LogP contribution in [0.3, 0.4) is 0 Å². The average molecular weight is 279 g/mol. The van der Waals surface area contributed by atoms with Crippen LogP contribution in [0.5, 0.6) is 0 Å². The number of rotatable bonds is 1. The first-order valence-electron chi connectivity index (χ1n) is 7.52.